The molecule has 1 amide bonds. The zero-order valence-corrected chi connectivity index (χ0v) is 20.5. The summed E-state index contributed by atoms with van der Waals surface area (Å²) < 4.78 is 7.36. The Hall–Kier alpha value is -3.56. The molecule has 0 saturated heterocycles. The van der Waals surface area contributed by atoms with E-state index >= 15 is 0 Å². The van der Waals surface area contributed by atoms with Crippen LogP contribution in [0.4, 0.5) is 0 Å². The van der Waals surface area contributed by atoms with Crippen molar-refractivity contribution >= 4 is 17.2 Å². The maximum atomic E-state index is 12.4. The second-order valence-electron chi connectivity index (χ2n) is 8.44. The fraction of sp³-hybridized carbons (Fsp3) is 0.308. The van der Waals surface area contributed by atoms with Gasteiger partial charge >= 0.3 is 0 Å². The Morgan fingerprint density at radius 2 is 1.89 bits per heavy atom. The minimum absolute atomic E-state index is 0.103. The average molecular weight is 489 g/mol. The Kier molecular flexibility index (Phi) is 7.15. The van der Waals surface area contributed by atoms with Gasteiger partial charge in [-0.3, -0.25) is 9.69 Å². The zero-order valence-electron chi connectivity index (χ0n) is 19.7. The lowest BCUT2D eigenvalue weighted by atomic mass is 10.2. The Bertz CT molecular complexity index is 1270. The third-order valence-electron chi connectivity index (χ3n) is 6.14. The highest BCUT2D eigenvalue weighted by Crippen LogP contribution is 2.26. The molecular weight excluding hydrogens is 460 g/mol. The topological polar surface area (TPSA) is 85.2 Å². The van der Waals surface area contributed by atoms with E-state index in [1.807, 2.05) is 24.4 Å². The van der Waals surface area contributed by atoms with Crippen LogP contribution in [0.5, 0.6) is 5.75 Å². The van der Waals surface area contributed by atoms with Crippen molar-refractivity contribution in [2.24, 2.45) is 0 Å². The molecule has 8 nitrogen and oxygen atoms in total. The number of fused-ring (bicyclic) bond motifs is 1. The van der Waals surface area contributed by atoms with E-state index in [4.69, 9.17) is 4.74 Å². The van der Waals surface area contributed by atoms with Crippen molar-refractivity contribution in [2.75, 3.05) is 26.7 Å². The first-order chi connectivity index (χ1) is 17.2. The Morgan fingerprint density at radius 1 is 1.06 bits per heavy atom. The van der Waals surface area contributed by atoms with E-state index in [0.717, 1.165) is 60.6 Å². The largest absolute Gasteiger partial charge is 0.497 e. The summed E-state index contributed by atoms with van der Waals surface area (Å²) in [4.78, 5) is 20.8. The predicted molar refractivity (Wildman–Crippen MR) is 136 cm³/mol. The molecule has 0 bridgehead atoms. The molecule has 1 aliphatic heterocycles. The van der Waals surface area contributed by atoms with Crippen molar-refractivity contribution in [3.8, 4) is 16.3 Å². The van der Waals surface area contributed by atoms with Crippen molar-refractivity contribution < 1.29 is 9.53 Å². The fourth-order valence-electron chi connectivity index (χ4n) is 4.22. The summed E-state index contributed by atoms with van der Waals surface area (Å²) in [6.07, 6.45) is 3.49. The number of hydrogen-bond donors (Lipinski definition) is 1. The summed E-state index contributed by atoms with van der Waals surface area (Å²) >= 11 is 1.75. The minimum atomic E-state index is -0.103. The summed E-state index contributed by atoms with van der Waals surface area (Å²) in [6, 6.07) is 17.4. The van der Waals surface area contributed by atoms with E-state index < -0.39 is 0 Å². The van der Waals surface area contributed by atoms with Crippen LogP contribution in [0.15, 0.2) is 60.8 Å². The van der Waals surface area contributed by atoms with Gasteiger partial charge in [0, 0.05) is 67.8 Å². The van der Waals surface area contributed by atoms with E-state index in [2.05, 4.69) is 42.1 Å². The number of benzene rings is 2. The van der Waals surface area contributed by atoms with E-state index in [0.29, 0.717) is 18.5 Å². The van der Waals surface area contributed by atoms with Crippen LogP contribution in [0.1, 0.15) is 26.9 Å². The van der Waals surface area contributed by atoms with Gasteiger partial charge in [0.25, 0.3) is 5.91 Å². The number of carbonyl (C=O) groups excluding carboxylic acids is 1. The van der Waals surface area contributed by atoms with Gasteiger partial charge in [-0.15, -0.1) is 21.5 Å². The number of ether oxygens (including phenoxy) is 1. The third-order valence-corrected chi connectivity index (χ3v) is 7.17. The Labute approximate surface area is 208 Å². The maximum Gasteiger partial charge on any atom is 0.251 e. The van der Waals surface area contributed by atoms with E-state index in [1.54, 1.807) is 42.7 Å². The first-order valence-electron chi connectivity index (χ1n) is 11.8. The zero-order chi connectivity index (χ0) is 24.0. The molecular formula is C26H28N6O2S. The number of nitrogens with zero attached hydrogens (tertiary/aromatic N) is 5. The monoisotopic (exact) mass is 488 g/mol. The molecule has 35 heavy (non-hydrogen) atoms. The second-order valence-corrected chi connectivity index (χ2v) is 9.56. The lowest BCUT2D eigenvalue weighted by Gasteiger charge is -2.18. The molecule has 0 fully saturated rings. The molecule has 0 radical (unpaired) electrons. The fourth-order valence-corrected chi connectivity index (χ4v) is 5.18. The molecule has 0 atom stereocenters. The van der Waals surface area contributed by atoms with E-state index in [-0.39, 0.29) is 5.91 Å². The van der Waals surface area contributed by atoms with Crippen molar-refractivity contribution in [1.29, 1.82) is 0 Å². The molecule has 2 aromatic heterocycles. The number of methoxy groups -OCH3 is 1. The predicted octanol–water partition coefficient (Wildman–Crippen LogP) is 3.44. The van der Waals surface area contributed by atoms with E-state index in [1.165, 1.54) is 4.88 Å². The second kappa shape index (κ2) is 10.8. The van der Waals surface area contributed by atoms with Gasteiger partial charge in [-0.1, -0.05) is 30.3 Å². The summed E-state index contributed by atoms with van der Waals surface area (Å²) in [7, 11) is 1.61. The van der Waals surface area contributed by atoms with Crippen LogP contribution in [0.2, 0.25) is 0 Å². The third kappa shape index (κ3) is 5.58. The molecule has 0 unspecified atom stereocenters. The summed E-state index contributed by atoms with van der Waals surface area (Å²) in [6.45, 7) is 4.10. The Morgan fingerprint density at radius 3 is 2.69 bits per heavy atom. The molecule has 3 heterocycles. The average Bonchev–Trinajstić information content (AvgIpc) is 3.47. The molecule has 9 heteroatoms. The summed E-state index contributed by atoms with van der Waals surface area (Å²) in [5.41, 5.74) is 1.77. The molecule has 4 aromatic rings. The highest BCUT2D eigenvalue weighted by atomic mass is 32.1. The number of thiazole rings is 1. The highest BCUT2D eigenvalue weighted by Gasteiger charge is 2.19. The maximum absolute atomic E-state index is 12.4. The number of hydrogen-bond acceptors (Lipinski definition) is 7. The molecule has 1 aliphatic rings. The van der Waals surface area contributed by atoms with Crippen LogP contribution in [-0.2, 0) is 25.9 Å². The van der Waals surface area contributed by atoms with Crippen LogP contribution in [0, 0.1) is 0 Å². The van der Waals surface area contributed by atoms with Crippen LogP contribution in [0.3, 0.4) is 0 Å². The van der Waals surface area contributed by atoms with Gasteiger partial charge in [0.05, 0.1) is 7.11 Å². The number of rotatable bonds is 8. The number of carbonyl (C=O) groups is 1. The summed E-state index contributed by atoms with van der Waals surface area (Å²) in [5, 5.41) is 12.9. The van der Waals surface area contributed by atoms with Crippen LogP contribution in [-0.4, -0.2) is 57.3 Å². The van der Waals surface area contributed by atoms with E-state index in [9.17, 15) is 4.79 Å². The Balaban J connectivity index is 1.14. The van der Waals surface area contributed by atoms with Gasteiger partial charge < -0.3 is 14.6 Å². The van der Waals surface area contributed by atoms with Crippen LogP contribution < -0.4 is 10.1 Å². The molecule has 0 spiro atoms. The van der Waals surface area contributed by atoms with Crippen molar-refractivity contribution in [3.63, 3.8) is 0 Å². The number of aromatic nitrogens is 4. The molecule has 0 aliphatic carbocycles. The van der Waals surface area contributed by atoms with Crippen molar-refractivity contribution in [1.82, 2.24) is 30.0 Å². The number of amides is 1. The molecule has 180 valence electrons. The standard InChI is InChI=1S/C26H28N6O2S/c1-34-21-9-7-19(8-10-21)25(33)27-13-11-23-29-30-24-12-14-31(15-16-32(23)24)18-22-17-28-26(35-22)20-5-3-2-4-6-20/h2-10,17H,11-16,18H2,1H3,(H,27,33). The lowest BCUT2D eigenvalue weighted by Crippen LogP contribution is -2.27. The van der Waals surface area contributed by atoms with Crippen molar-refractivity contribution in [3.05, 3.63) is 82.9 Å². The van der Waals surface area contributed by atoms with Gasteiger partial charge in [0.1, 0.15) is 22.4 Å². The van der Waals surface area contributed by atoms with Crippen LogP contribution >= 0.6 is 11.3 Å². The SMILES string of the molecule is COc1ccc(C(=O)NCCc2nnc3n2CCN(Cc2cnc(-c4ccccc4)s2)CC3)cc1. The first-order valence-corrected chi connectivity index (χ1v) is 12.6. The minimum Gasteiger partial charge on any atom is -0.497 e. The van der Waals surface area contributed by atoms with Gasteiger partial charge in [0.2, 0.25) is 0 Å². The van der Waals surface area contributed by atoms with Crippen LogP contribution in [0.25, 0.3) is 10.6 Å². The van der Waals surface area contributed by atoms with Gasteiger partial charge in [-0.25, -0.2) is 4.98 Å². The highest BCUT2D eigenvalue weighted by molar-refractivity contribution is 7.15. The van der Waals surface area contributed by atoms with Gasteiger partial charge in [-0.2, -0.15) is 0 Å². The quantitative estimate of drug-likeness (QED) is 0.409. The molecule has 5 rings (SSSR count). The normalized spacial score (nSPS) is 13.7. The van der Waals surface area contributed by atoms with Gasteiger partial charge in [0.15, 0.2) is 0 Å². The lowest BCUT2D eigenvalue weighted by molar-refractivity contribution is 0.0954. The van der Waals surface area contributed by atoms with Crippen molar-refractivity contribution in [2.45, 2.75) is 25.9 Å². The molecule has 1 N–H and O–H groups in total. The smallest absolute Gasteiger partial charge is 0.251 e. The molecule has 2 aromatic carbocycles. The number of nitrogens with one attached hydrogen (secondary N) is 1. The van der Waals surface area contributed by atoms with Gasteiger partial charge in [-0.05, 0) is 24.3 Å². The summed E-state index contributed by atoms with van der Waals surface area (Å²) in [5.74, 6) is 2.56. The first kappa shape index (κ1) is 23.2. The molecule has 0 saturated carbocycles.